The lowest BCUT2D eigenvalue weighted by Crippen LogP contribution is -2.06. The Bertz CT molecular complexity index is 932. The van der Waals surface area contributed by atoms with Gasteiger partial charge in [-0.15, -0.1) is 5.10 Å². The van der Waals surface area contributed by atoms with Crippen LogP contribution in [0.5, 0.6) is 0 Å². The number of aromatic amines is 1. The van der Waals surface area contributed by atoms with Crippen molar-refractivity contribution in [3.05, 3.63) is 53.1 Å². The van der Waals surface area contributed by atoms with Gasteiger partial charge in [0.2, 0.25) is 5.16 Å². The molecule has 1 N–H and O–H groups in total. The maximum Gasteiger partial charge on any atom is 0.209 e. The van der Waals surface area contributed by atoms with Crippen molar-refractivity contribution in [1.29, 1.82) is 0 Å². The van der Waals surface area contributed by atoms with Crippen LogP contribution in [-0.2, 0) is 6.54 Å². The summed E-state index contributed by atoms with van der Waals surface area (Å²) in [6.07, 6.45) is 1.02. The van der Waals surface area contributed by atoms with Gasteiger partial charge in [-0.2, -0.15) is 0 Å². The van der Waals surface area contributed by atoms with E-state index in [2.05, 4.69) is 26.7 Å². The van der Waals surface area contributed by atoms with Gasteiger partial charge in [0.25, 0.3) is 0 Å². The minimum absolute atomic E-state index is 0.0442. The molecule has 3 rings (SSSR count). The molecule has 0 aliphatic heterocycles. The summed E-state index contributed by atoms with van der Waals surface area (Å²) in [6, 6.07) is 8.32. The standard InChI is InChI=1S/C19H21FN4OS/c1-4-9-24-12(2)10-15(13(24)3)17(25)11-26-19-21-18(22-23-19)14-7-5-6-8-16(14)20/h5-8,10H,4,9,11H2,1-3H3,(H,21,22,23). The van der Waals surface area contributed by atoms with E-state index in [1.807, 2.05) is 19.9 Å². The zero-order valence-electron chi connectivity index (χ0n) is 15.0. The summed E-state index contributed by atoms with van der Waals surface area (Å²) in [4.78, 5) is 16.9. The highest BCUT2D eigenvalue weighted by Crippen LogP contribution is 2.23. The molecule has 2 heterocycles. The Hall–Kier alpha value is -2.41. The predicted molar refractivity (Wildman–Crippen MR) is 101 cm³/mol. The summed E-state index contributed by atoms with van der Waals surface area (Å²) in [7, 11) is 0. The molecule has 0 bridgehead atoms. The molecule has 7 heteroatoms. The van der Waals surface area contributed by atoms with E-state index in [4.69, 9.17) is 0 Å². The number of aryl methyl sites for hydroxylation is 1. The van der Waals surface area contributed by atoms with E-state index in [1.165, 1.54) is 17.8 Å². The number of hydrogen-bond donors (Lipinski definition) is 1. The van der Waals surface area contributed by atoms with Crippen molar-refractivity contribution in [1.82, 2.24) is 19.7 Å². The number of nitrogens with zero attached hydrogens (tertiary/aromatic N) is 3. The molecule has 0 radical (unpaired) electrons. The average molecular weight is 372 g/mol. The molecule has 2 aromatic heterocycles. The first-order valence-corrected chi connectivity index (χ1v) is 9.49. The van der Waals surface area contributed by atoms with E-state index < -0.39 is 0 Å². The topological polar surface area (TPSA) is 63.6 Å². The molecule has 0 saturated carbocycles. The lowest BCUT2D eigenvalue weighted by molar-refractivity contribution is 0.102. The molecular weight excluding hydrogens is 351 g/mol. The Morgan fingerprint density at radius 3 is 2.81 bits per heavy atom. The van der Waals surface area contributed by atoms with Crippen molar-refractivity contribution in [2.24, 2.45) is 0 Å². The van der Waals surface area contributed by atoms with Crippen molar-refractivity contribution < 1.29 is 9.18 Å². The molecule has 0 spiro atoms. The highest BCUT2D eigenvalue weighted by molar-refractivity contribution is 7.99. The summed E-state index contributed by atoms with van der Waals surface area (Å²) in [5.41, 5.74) is 3.20. The third kappa shape index (κ3) is 3.72. The van der Waals surface area contributed by atoms with Gasteiger partial charge in [0.05, 0.1) is 11.3 Å². The average Bonchev–Trinajstić information content (AvgIpc) is 3.20. The second kappa shape index (κ2) is 7.86. The van der Waals surface area contributed by atoms with Crippen molar-refractivity contribution in [2.45, 2.75) is 38.9 Å². The molecule has 5 nitrogen and oxygen atoms in total. The number of nitrogens with one attached hydrogen (secondary N) is 1. The number of halogens is 1. The summed E-state index contributed by atoms with van der Waals surface area (Å²) in [5.74, 6) is 0.284. The summed E-state index contributed by atoms with van der Waals surface area (Å²) in [5, 5.41) is 7.24. The highest BCUT2D eigenvalue weighted by Gasteiger charge is 2.17. The number of benzene rings is 1. The van der Waals surface area contributed by atoms with Crippen LogP contribution < -0.4 is 0 Å². The summed E-state index contributed by atoms with van der Waals surface area (Å²) in [6.45, 7) is 7.02. The van der Waals surface area contributed by atoms with Gasteiger partial charge in [-0.25, -0.2) is 9.37 Å². The first-order valence-electron chi connectivity index (χ1n) is 8.51. The third-order valence-electron chi connectivity index (χ3n) is 4.25. The van der Waals surface area contributed by atoms with Gasteiger partial charge in [0, 0.05) is 23.5 Å². The van der Waals surface area contributed by atoms with Crippen molar-refractivity contribution in [3.63, 3.8) is 0 Å². The number of Topliss-reactive ketones (excluding diaryl/α,β-unsaturated/α-hetero) is 1. The van der Waals surface area contributed by atoms with Gasteiger partial charge in [-0.05, 0) is 38.5 Å². The fourth-order valence-corrected chi connectivity index (χ4v) is 3.63. The van der Waals surface area contributed by atoms with E-state index in [1.54, 1.807) is 18.2 Å². The number of H-pyrrole nitrogens is 1. The second-order valence-electron chi connectivity index (χ2n) is 6.09. The molecule has 0 atom stereocenters. The molecule has 0 aliphatic carbocycles. The third-order valence-corrected chi connectivity index (χ3v) is 5.09. The molecule has 0 amide bonds. The Balaban J connectivity index is 1.69. The molecule has 136 valence electrons. The van der Waals surface area contributed by atoms with E-state index in [-0.39, 0.29) is 17.4 Å². The first-order chi connectivity index (χ1) is 12.5. The van der Waals surface area contributed by atoms with Gasteiger partial charge in [0.15, 0.2) is 11.6 Å². The van der Waals surface area contributed by atoms with Crippen LogP contribution in [0.25, 0.3) is 11.4 Å². The van der Waals surface area contributed by atoms with Crippen molar-refractivity contribution >= 4 is 17.5 Å². The minimum atomic E-state index is -0.361. The molecule has 26 heavy (non-hydrogen) atoms. The highest BCUT2D eigenvalue weighted by atomic mass is 32.2. The number of ketones is 1. The molecule has 0 aliphatic rings. The van der Waals surface area contributed by atoms with Crippen LogP contribution >= 0.6 is 11.8 Å². The normalized spacial score (nSPS) is 11.1. The van der Waals surface area contributed by atoms with E-state index in [0.717, 1.165) is 29.9 Å². The zero-order chi connectivity index (χ0) is 18.7. The number of thioether (sulfide) groups is 1. The Kier molecular flexibility index (Phi) is 5.56. The fourth-order valence-electron chi connectivity index (χ4n) is 2.94. The molecule has 1 aromatic carbocycles. The fraction of sp³-hybridized carbons (Fsp3) is 0.316. The van der Waals surface area contributed by atoms with Crippen LogP contribution in [0.15, 0.2) is 35.5 Å². The maximum atomic E-state index is 13.8. The monoisotopic (exact) mass is 372 g/mol. The second-order valence-corrected chi connectivity index (χ2v) is 7.04. The number of rotatable bonds is 7. The number of hydrogen-bond acceptors (Lipinski definition) is 4. The molecule has 0 unspecified atom stereocenters. The number of aromatic nitrogens is 4. The van der Waals surface area contributed by atoms with Gasteiger partial charge in [-0.3, -0.25) is 9.89 Å². The van der Waals surface area contributed by atoms with Crippen LogP contribution in [-0.4, -0.2) is 31.3 Å². The van der Waals surface area contributed by atoms with Crippen LogP contribution in [0.4, 0.5) is 4.39 Å². The van der Waals surface area contributed by atoms with Crippen LogP contribution in [0.2, 0.25) is 0 Å². The van der Waals surface area contributed by atoms with Crippen molar-refractivity contribution in [2.75, 3.05) is 5.75 Å². The largest absolute Gasteiger partial charge is 0.348 e. The SMILES string of the molecule is CCCn1c(C)cc(C(=O)CSc2n[nH]c(-c3ccccc3F)n2)c1C. The van der Waals surface area contributed by atoms with Gasteiger partial charge < -0.3 is 4.57 Å². The maximum absolute atomic E-state index is 13.8. The number of carbonyl (C=O) groups is 1. The molecule has 0 fully saturated rings. The predicted octanol–water partition coefficient (Wildman–Crippen LogP) is 4.41. The summed E-state index contributed by atoms with van der Waals surface area (Å²) >= 11 is 1.25. The lowest BCUT2D eigenvalue weighted by Gasteiger charge is -2.07. The zero-order valence-corrected chi connectivity index (χ0v) is 15.9. The van der Waals surface area contributed by atoms with Gasteiger partial charge >= 0.3 is 0 Å². The van der Waals surface area contributed by atoms with E-state index in [9.17, 15) is 9.18 Å². The van der Waals surface area contributed by atoms with E-state index in [0.29, 0.717) is 16.5 Å². The summed E-state index contributed by atoms with van der Waals surface area (Å²) < 4.78 is 16.0. The van der Waals surface area contributed by atoms with E-state index >= 15 is 0 Å². The quantitative estimate of drug-likeness (QED) is 0.493. The Morgan fingerprint density at radius 1 is 1.31 bits per heavy atom. The van der Waals surface area contributed by atoms with Crippen LogP contribution in [0.1, 0.15) is 35.1 Å². The minimum Gasteiger partial charge on any atom is -0.348 e. The van der Waals surface area contributed by atoms with Crippen molar-refractivity contribution in [3.8, 4) is 11.4 Å². The number of carbonyl (C=O) groups excluding carboxylic acids is 1. The molecular formula is C19H21FN4OS. The molecule has 3 aromatic rings. The Morgan fingerprint density at radius 2 is 2.08 bits per heavy atom. The molecule has 0 saturated heterocycles. The van der Waals surface area contributed by atoms with Gasteiger partial charge in [0.1, 0.15) is 5.82 Å². The smallest absolute Gasteiger partial charge is 0.209 e. The first kappa shape index (κ1) is 18.4. The van der Waals surface area contributed by atoms with Crippen LogP contribution in [0.3, 0.4) is 0 Å². The Labute approximate surface area is 156 Å². The van der Waals surface area contributed by atoms with Gasteiger partial charge in [-0.1, -0.05) is 30.8 Å². The lowest BCUT2D eigenvalue weighted by atomic mass is 10.2. The van der Waals surface area contributed by atoms with Crippen LogP contribution in [0, 0.1) is 19.7 Å².